The van der Waals surface area contributed by atoms with Crippen LogP contribution >= 0.6 is 0 Å². The molecule has 0 aromatic heterocycles. The van der Waals surface area contributed by atoms with Gasteiger partial charge >= 0.3 is 0 Å². The Bertz CT molecular complexity index is 649. The molecule has 3 heteroatoms. The van der Waals surface area contributed by atoms with Gasteiger partial charge in [0, 0.05) is 5.69 Å². The first kappa shape index (κ1) is 15.1. The van der Waals surface area contributed by atoms with E-state index in [2.05, 4.69) is 5.32 Å². The zero-order valence-corrected chi connectivity index (χ0v) is 12.9. The summed E-state index contributed by atoms with van der Waals surface area (Å²) in [5.41, 5.74) is 3.99. The number of nitrogens with one attached hydrogen (secondary N) is 1. The van der Waals surface area contributed by atoms with E-state index in [9.17, 15) is 4.79 Å². The maximum Gasteiger partial charge on any atom is 0.265 e. The molecule has 0 aliphatic rings. The summed E-state index contributed by atoms with van der Waals surface area (Å²) in [6.45, 7) is 7.70. The van der Waals surface area contributed by atoms with Crippen LogP contribution in [-0.2, 0) is 4.79 Å². The number of hydrogen-bond acceptors (Lipinski definition) is 2. The van der Waals surface area contributed by atoms with Gasteiger partial charge < -0.3 is 10.1 Å². The van der Waals surface area contributed by atoms with Gasteiger partial charge in [-0.2, -0.15) is 0 Å². The molecule has 110 valence electrons. The van der Waals surface area contributed by atoms with Crippen LogP contribution in [0.1, 0.15) is 23.6 Å². The lowest BCUT2D eigenvalue weighted by atomic mass is 10.1. The molecule has 3 nitrogen and oxygen atoms in total. The summed E-state index contributed by atoms with van der Waals surface area (Å²) in [5, 5.41) is 2.90. The van der Waals surface area contributed by atoms with E-state index < -0.39 is 6.10 Å². The molecule has 0 saturated carbocycles. The average molecular weight is 283 g/mol. The highest BCUT2D eigenvalue weighted by Gasteiger charge is 2.16. The predicted molar refractivity (Wildman–Crippen MR) is 85.8 cm³/mol. The number of para-hydroxylation sites is 1. The van der Waals surface area contributed by atoms with E-state index in [0.717, 1.165) is 28.1 Å². The van der Waals surface area contributed by atoms with Crippen molar-refractivity contribution >= 4 is 11.6 Å². The Labute approximate surface area is 126 Å². The Kier molecular flexibility index (Phi) is 4.63. The Hall–Kier alpha value is -2.29. The van der Waals surface area contributed by atoms with Crippen LogP contribution in [0.25, 0.3) is 0 Å². The quantitative estimate of drug-likeness (QED) is 0.920. The molecule has 1 amide bonds. The van der Waals surface area contributed by atoms with E-state index in [0.29, 0.717) is 0 Å². The van der Waals surface area contributed by atoms with Crippen LogP contribution in [-0.4, -0.2) is 12.0 Å². The van der Waals surface area contributed by atoms with Crippen molar-refractivity contribution in [3.05, 3.63) is 59.2 Å². The minimum absolute atomic E-state index is 0.148. The normalized spacial score (nSPS) is 11.8. The monoisotopic (exact) mass is 283 g/mol. The van der Waals surface area contributed by atoms with Crippen molar-refractivity contribution in [2.45, 2.75) is 33.8 Å². The molecular weight excluding hydrogens is 262 g/mol. The molecule has 0 aliphatic heterocycles. The van der Waals surface area contributed by atoms with Crippen LogP contribution in [0.4, 0.5) is 5.69 Å². The van der Waals surface area contributed by atoms with Gasteiger partial charge in [-0.15, -0.1) is 0 Å². The lowest BCUT2D eigenvalue weighted by Gasteiger charge is -2.17. The zero-order chi connectivity index (χ0) is 15.4. The van der Waals surface area contributed by atoms with Crippen LogP contribution in [0.2, 0.25) is 0 Å². The second-order valence-electron chi connectivity index (χ2n) is 5.33. The molecule has 2 rings (SSSR count). The highest BCUT2D eigenvalue weighted by Crippen LogP contribution is 2.21. The third-order valence-corrected chi connectivity index (χ3v) is 3.42. The van der Waals surface area contributed by atoms with Crippen molar-refractivity contribution in [3.8, 4) is 5.75 Å². The topological polar surface area (TPSA) is 38.3 Å². The molecule has 0 bridgehead atoms. The van der Waals surface area contributed by atoms with Gasteiger partial charge in [0.15, 0.2) is 6.10 Å². The number of amides is 1. The Morgan fingerprint density at radius 1 is 1.05 bits per heavy atom. The largest absolute Gasteiger partial charge is 0.481 e. The second kappa shape index (κ2) is 6.44. The Morgan fingerprint density at radius 2 is 1.76 bits per heavy atom. The van der Waals surface area contributed by atoms with Crippen LogP contribution in [0, 0.1) is 20.8 Å². The number of hydrogen-bond donors (Lipinski definition) is 1. The second-order valence-corrected chi connectivity index (χ2v) is 5.33. The molecule has 1 atom stereocenters. The molecule has 0 saturated heterocycles. The molecule has 0 aliphatic carbocycles. The van der Waals surface area contributed by atoms with Gasteiger partial charge in [0.05, 0.1) is 0 Å². The maximum atomic E-state index is 12.2. The molecule has 2 aromatic rings. The van der Waals surface area contributed by atoms with Crippen molar-refractivity contribution in [1.29, 1.82) is 0 Å². The average Bonchev–Trinajstić information content (AvgIpc) is 2.45. The van der Waals surface area contributed by atoms with E-state index in [-0.39, 0.29) is 5.91 Å². The van der Waals surface area contributed by atoms with E-state index in [1.54, 1.807) is 6.92 Å². The molecule has 21 heavy (non-hydrogen) atoms. The molecule has 0 unspecified atom stereocenters. The van der Waals surface area contributed by atoms with Crippen LogP contribution in [0.15, 0.2) is 42.5 Å². The van der Waals surface area contributed by atoms with Crippen molar-refractivity contribution in [1.82, 2.24) is 0 Å². The minimum Gasteiger partial charge on any atom is -0.481 e. The fourth-order valence-electron chi connectivity index (χ4n) is 2.03. The molecule has 0 radical (unpaired) electrons. The van der Waals surface area contributed by atoms with Crippen molar-refractivity contribution in [2.75, 3.05) is 5.32 Å². The van der Waals surface area contributed by atoms with Crippen molar-refractivity contribution in [2.24, 2.45) is 0 Å². The molecule has 2 aromatic carbocycles. The first-order chi connectivity index (χ1) is 9.97. The standard InChI is InChI=1S/C18H21NO2/c1-12-9-10-14(3)17(11-12)21-15(4)18(20)19-16-8-6-5-7-13(16)2/h5-11,15H,1-4H3,(H,19,20)/t15-/m1/s1. The summed E-state index contributed by atoms with van der Waals surface area (Å²) < 4.78 is 5.79. The summed E-state index contributed by atoms with van der Waals surface area (Å²) in [6.07, 6.45) is -0.551. The highest BCUT2D eigenvalue weighted by molar-refractivity contribution is 5.94. The first-order valence-corrected chi connectivity index (χ1v) is 7.08. The van der Waals surface area contributed by atoms with E-state index in [4.69, 9.17) is 4.74 Å². The van der Waals surface area contributed by atoms with Gasteiger partial charge in [0.2, 0.25) is 0 Å². The third-order valence-electron chi connectivity index (χ3n) is 3.42. The minimum atomic E-state index is -0.551. The molecule has 0 heterocycles. The number of ether oxygens (including phenoxy) is 1. The van der Waals surface area contributed by atoms with Crippen LogP contribution in [0.3, 0.4) is 0 Å². The number of carbonyl (C=O) groups excluding carboxylic acids is 1. The SMILES string of the molecule is Cc1ccc(C)c(O[C@H](C)C(=O)Nc2ccccc2C)c1. The van der Waals surface area contributed by atoms with Gasteiger partial charge in [0.25, 0.3) is 5.91 Å². The van der Waals surface area contributed by atoms with E-state index in [1.807, 2.05) is 63.2 Å². The predicted octanol–water partition coefficient (Wildman–Crippen LogP) is 4.02. The van der Waals surface area contributed by atoms with Gasteiger partial charge in [0.1, 0.15) is 5.75 Å². The summed E-state index contributed by atoms with van der Waals surface area (Å²) in [5.74, 6) is 0.604. The number of anilines is 1. The molecule has 0 spiro atoms. The van der Waals surface area contributed by atoms with Crippen molar-refractivity contribution in [3.63, 3.8) is 0 Å². The molecule has 0 fully saturated rings. The lowest BCUT2D eigenvalue weighted by molar-refractivity contribution is -0.122. The Balaban J connectivity index is 2.06. The Morgan fingerprint density at radius 3 is 2.48 bits per heavy atom. The molecular formula is C18H21NO2. The van der Waals surface area contributed by atoms with Gasteiger partial charge in [-0.3, -0.25) is 4.79 Å². The van der Waals surface area contributed by atoms with Crippen LogP contribution in [0.5, 0.6) is 5.75 Å². The smallest absolute Gasteiger partial charge is 0.265 e. The fourth-order valence-corrected chi connectivity index (χ4v) is 2.03. The first-order valence-electron chi connectivity index (χ1n) is 7.08. The third kappa shape index (κ3) is 3.85. The summed E-state index contributed by atoms with van der Waals surface area (Å²) in [7, 11) is 0. The van der Waals surface area contributed by atoms with Gasteiger partial charge in [-0.25, -0.2) is 0 Å². The molecule has 1 N–H and O–H groups in total. The highest BCUT2D eigenvalue weighted by atomic mass is 16.5. The van der Waals surface area contributed by atoms with Crippen LogP contribution < -0.4 is 10.1 Å². The maximum absolute atomic E-state index is 12.2. The number of benzene rings is 2. The zero-order valence-electron chi connectivity index (χ0n) is 12.9. The summed E-state index contributed by atoms with van der Waals surface area (Å²) in [6, 6.07) is 13.7. The fraction of sp³-hybridized carbons (Fsp3) is 0.278. The summed E-state index contributed by atoms with van der Waals surface area (Å²) in [4.78, 5) is 12.2. The number of rotatable bonds is 4. The van der Waals surface area contributed by atoms with E-state index >= 15 is 0 Å². The number of aryl methyl sites for hydroxylation is 3. The van der Waals surface area contributed by atoms with Crippen molar-refractivity contribution < 1.29 is 9.53 Å². The summed E-state index contributed by atoms with van der Waals surface area (Å²) >= 11 is 0. The van der Waals surface area contributed by atoms with E-state index in [1.165, 1.54) is 0 Å². The van der Waals surface area contributed by atoms with Gasteiger partial charge in [-0.05, 0) is 56.5 Å². The lowest BCUT2D eigenvalue weighted by Crippen LogP contribution is -2.30. The number of carbonyl (C=O) groups is 1. The van der Waals surface area contributed by atoms with Gasteiger partial charge in [-0.1, -0.05) is 30.3 Å².